The number of methoxy groups -OCH3 is 1. The molecule has 10 heteroatoms. The molecule has 1 N–H and O–H groups in total. The summed E-state index contributed by atoms with van der Waals surface area (Å²) in [6.07, 6.45) is -0.843. The highest BCUT2D eigenvalue weighted by Crippen LogP contribution is 2.38. The Morgan fingerprint density at radius 1 is 1.26 bits per heavy atom. The van der Waals surface area contributed by atoms with Gasteiger partial charge in [0.2, 0.25) is 5.91 Å². The molecule has 31 heavy (non-hydrogen) atoms. The van der Waals surface area contributed by atoms with Crippen molar-refractivity contribution in [1.82, 2.24) is 0 Å². The van der Waals surface area contributed by atoms with Crippen molar-refractivity contribution in [2.75, 3.05) is 23.9 Å². The van der Waals surface area contributed by atoms with Gasteiger partial charge in [-0.05, 0) is 24.1 Å². The number of para-hydroxylation sites is 1. The maximum atomic E-state index is 13.0. The molecule has 10 nitrogen and oxygen atoms in total. The van der Waals surface area contributed by atoms with Crippen LogP contribution in [0.1, 0.15) is 24.2 Å². The van der Waals surface area contributed by atoms with Gasteiger partial charge in [-0.3, -0.25) is 24.6 Å². The fraction of sp³-hybridized carbons (Fsp3) is 0.286. The van der Waals surface area contributed by atoms with E-state index in [0.29, 0.717) is 0 Å². The Morgan fingerprint density at radius 2 is 1.97 bits per heavy atom. The van der Waals surface area contributed by atoms with Crippen LogP contribution in [0.2, 0.25) is 0 Å². The third-order valence-corrected chi connectivity index (χ3v) is 4.72. The van der Waals surface area contributed by atoms with Crippen molar-refractivity contribution < 1.29 is 28.8 Å². The monoisotopic (exact) mass is 427 g/mol. The molecule has 0 aromatic heterocycles. The Labute approximate surface area is 177 Å². The fourth-order valence-corrected chi connectivity index (χ4v) is 3.19. The van der Waals surface area contributed by atoms with E-state index in [9.17, 15) is 24.5 Å². The maximum Gasteiger partial charge on any atom is 0.339 e. The lowest BCUT2D eigenvalue weighted by Gasteiger charge is -2.35. The zero-order valence-electron chi connectivity index (χ0n) is 17.2. The van der Waals surface area contributed by atoms with Crippen LogP contribution in [0, 0.1) is 16.0 Å². The number of nitrogens with zero attached hydrogens (tertiary/aromatic N) is 2. The van der Waals surface area contributed by atoms with Crippen LogP contribution in [-0.4, -0.2) is 42.5 Å². The number of carbonyl (C=O) groups is 3. The van der Waals surface area contributed by atoms with Crippen molar-refractivity contribution in [2.45, 2.75) is 20.0 Å². The summed E-state index contributed by atoms with van der Waals surface area (Å²) in [4.78, 5) is 49.4. The molecule has 1 unspecified atom stereocenters. The number of anilines is 2. The second-order valence-electron chi connectivity index (χ2n) is 7.20. The van der Waals surface area contributed by atoms with Gasteiger partial charge in [-0.25, -0.2) is 4.79 Å². The van der Waals surface area contributed by atoms with E-state index < -0.39 is 35.4 Å². The van der Waals surface area contributed by atoms with E-state index in [-0.39, 0.29) is 34.3 Å². The summed E-state index contributed by atoms with van der Waals surface area (Å²) >= 11 is 0. The van der Waals surface area contributed by atoms with Crippen molar-refractivity contribution >= 4 is 34.8 Å². The zero-order chi connectivity index (χ0) is 22.7. The van der Waals surface area contributed by atoms with Crippen LogP contribution in [0.5, 0.6) is 5.75 Å². The van der Waals surface area contributed by atoms with Crippen molar-refractivity contribution in [1.29, 1.82) is 0 Å². The molecule has 3 rings (SSSR count). The van der Waals surface area contributed by atoms with Gasteiger partial charge in [-0.1, -0.05) is 26.0 Å². The molecule has 2 amide bonds. The number of amides is 2. The van der Waals surface area contributed by atoms with E-state index in [0.717, 1.165) is 4.90 Å². The molecule has 2 aromatic carbocycles. The lowest BCUT2D eigenvalue weighted by molar-refractivity contribution is -0.384. The van der Waals surface area contributed by atoms with E-state index in [1.807, 2.05) is 0 Å². The SMILES string of the molecule is COC(=O)c1ccccc1NC(=O)CN1C(=O)C(C(C)C)Oc2ccc([N+](=O)[O-])cc21. The van der Waals surface area contributed by atoms with Gasteiger partial charge >= 0.3 is 5.97 Å². The largest absolute Gasteiger partial charge is 0.478 e. The van der Waals surface area contributed by atoms with Gasteiger partial charge in [-0.2, -0.15) is 0 Å². The summed E-state index contributed by atoms with van der Waals surface area (Å²) in [6, 6.07) is 10.2. The molecule has 0 saturated carbocycles. The van der Waals surface area contributed by atoms with Crippen molar-refractivity contribution in [2.24, 2.45) is 5.92 Å². The van der Waals surface area contributed by atoms with Crippen LogP contribution in [0.4, 0.5) is 17.1 Å². The number of ether oxygens (including phenoxy) is 2. The van der Waals surface area contributed by atoms with E-state index >= 15 is 0 Å². The van der Waals surface area contributed by atoms with Crippen LogP contribution in [0.3, 0.4) is 0 Å². The minimum atomic E-state index is -0.843. The molecular weight excluding hydrogens is 406 g/mol. The molecule has 1 aliphatic rings. The second-order valence-corrected chi connectivity index (χ2v) is 7.20. The first-order chi connectivity index (χ1) is 14.7. The Morgan fingerprint density at radius 3 is 2.61 bits per heavy atom. The number of hydrogen-bond acceptors (Lipinski definition) is 7. The number of carbonyl (C=O) groups excluding carboxylic acids is 3. The molecule has 0 radical (unpaired) electrons. The number of hydrogen-bond donors (Lipinski definition) is 1. The van der Waals surface area contributed by atoms with Gasteiger partial charge in [0.25, 0.3) is 11.6 Å². The first-order valence-electron chi connectivity index (χ1n) is 9.46. The number of benzene rings is 2. The lowest BCUT2D eigenvalue weighted by Crippen LogP contribution is -2.50. The minimum Gasteiger partial charge on any atom is -0.478 e. The van der Waals surface area contributed by atoms with Crippen molar-refractivity contribution in [3.05, 3.63) is 58.1 Å². The smallest absolute Gasteiger partial charge is 0.339 e. The summed E-state index contributed by atoms with van der Waals surface area (Å²) in [5, 5.41) is 13.8. The minimum absolute atomic E-state index is 0.132. The first kappa shape index (κ1) is 21.8. The number of esters is 1. The Balaban J connectivity index is 1.92. The molecule has 0 bridgehead atoms. The average molecular weight is 427 g/mol. The summed E-state index contributed by atoms with van der Waals surface area (Å²) in [6.45, 7) is 3.17. The van der Waals surface area contributed by atoms with Crippen LogP contribution in [0.25, 0.3) is 0 Å². The number of nitro benzene ring substituents is 1. The van der Waals surface area contributed by atoms with Gasteiger partial charge in [-0.15, -0.1) is 0 Å². The number of fused-ring (bicyclic) bond motifs is 1. The molecule has 0 saturated heterocycles. The molecule has 162 valence electrons. The standard InChI is InChI=1S/C21H21N3O7/c1-12(2)19-20(26)23(16-10-13(24(28)29)8-9-17(16)31-19)11-18(25)22-15-7-5-4-6-14(15)21(27)30-3/h4-10,12,19H,11H2,1-3H3,(H,22,25). The van der Waals surface area contributed by atoms with Crippen LogP contribution < -0.4 is 15.0 Å². The zero-order valence-corrected chi connectivity index (χ0v) is 17.2. The maximum absolute atomic E-state index is 13.0. The lowest BCUT2D eigenvalue weighted by atomic mass is 10.0. The normalized spacial score (nSPS) is 15.2. The molecule has 0 spiro atoms. The molecule has 2 aromatic rings. The van der Waals surface area contributed by atoms with Gasteiger partial charge in [0.05, 0.1) is 29.0 Å². The summed E-state index contributed by atoms with van der Waals surface area (Å²) in [7, 11) is 1.23. The quantitative estimate of drug-likeness (QED) is 0.426. The summed E-state index contributed by atoms with van der Waals surface area (Å²) in [5.41, 5.74) is 0.273. The van der Waals surface area contributed by atoms with Gasteiger partial charge in [0.15, 0.2) is 6.10 Å². The Kier molecular flexibility index (Phi) is 6.19. The second kappa shape index (κ2) is 8.82. The number of rotatable bonds is 6. The summed E-state index contributed by atoms with van der Waals surface area (Å²) in [5.74, 6) is -1.63. The predicted octanol–water partition coefficient (Wildman–Crippen LogP) is 2.77. The number of nitro groups is 1. The average Bonchev–Trinajstić information content (AvgIpc) is 2.74. The van der Waals surface area contributed by atoms with Gasteiger partial charge in [0.1, 0.15) is 12.3 Å². The highest BCUT2D eigenvalue weighted by atomic mass is 16.6. The topological polar surface area (TPSA) is 128 Å². The molecular formula is C21H21N3O7. The van der Waals surface area contributed by atoms with Crippen LogP contribution in [0.15, 0.2) is 42.5 Å². The Bertz CT molecular complexity index is 1050. The third-order valence-electron chi connectivity index (χ3n) is 4.72. The summed E-state index contributed by atoms with van der Waals surface area (Å²) < 4.78 is 10.4. The molecule has 1 atom stereocenters. The van der Waals surface area contributed by atoms with Crippen molar-refractivity contribution in [3.63, 3.8) is 0 Å². The predicted molar refractivity (Wildman–Crippen MR) is 111 cm³/mol. The fourth-order valence-electron chi connectivity index (χ4n) is 3.19. The first-order valence-corrected chi connectivity index (χ1v) is 9.46. The Hall–Kier alpha value is -3.95. The molecule has 1 heterocycles. The molecule has 1 aliphatic heterocycles. The molecule has 0 fully saturated rings. The highest BCUT2D eigenvalue weighted by molar-refractivity contribution is 6.08. The van der Waals surface area contributed by atoms with Crippen LogP contribution >= 0.6 is 0 Å². The van der Waals surface area contributed by atoms with Gasteiger partial charge < -0.3 is 14.8 Å². The van der Waals surface area contributed by atoms with E-state index in [2.05, 4.69) is 5.32 Å². The number of non-ortho nitro benzene ring substituents is 1. The van der Waals surface area contributed by atoms with Gasteiger partial charge in [0, 0.05) is 12.1 Å². The molecule has 0 aliphatic carbocycles. The van der Waals surface area contributed by atoms with Crippen molar-refractivity contribution in [3.8, 4) is 5.75 Å². The van der Waals surface area contributed by atoms with E-state index in [4.69, 9.17) is 9.47 Å². The van der Waals surface area contributed by atoms with E-state index in [1.165, 1.54) is 37.4 Å². The highest BCUT2D eigenvalue weighted by Gasteiger charge is 2.38. The van der Waals surface area contributed by atoms with Crippen LogP contribution in [-0.2, 0) is 14.3 Å². The van der Waals surface area contributed by atoms with E-state index in [1.54, 1.807) is 26.0 Å². The third kappa shape index (κ3) is 4.47. The number of nitrogens with one attached hydrogen (secondary N) is 1.